The third-order valence-electron chi connectivity index (χ3n) is 6.69. The molecule has 2 fully saturated rings. The normalized spacial score (nSPS) is 17.5. The number of benzene rings is 2. The van der Waals surface area contributed by atoms with Gasteiger partial charge in [0.1, 0.15) is 5.67 Å². The van der Waals surface area contributed by atoms with Crippen LogP contribution in [0.1, 0.15) is 81.5 Å². The van der Waals surface area contributed by atoms with E-state index in [9.17, 15) is 9.59 Å². The summed E-state index contributed by atoms with van der Waals surface area (Å²) in [5, 5.41) is 8.97. The number of carbonyl (C=O) groups is 2. The van der Waals surface area contributed by atoms with E-state index in [2.05, 4.69) is 0 Å². The molecule has 2 aromatic rings. The number of amides is 1. The number of carbonyl (C=O) groups excluding carboxylic acids is 2. The molecule has 1 heterocycles. The van der Waals surface area contributed by atoms with Crippen LogP contribution >= 0.6 is 0 Å². The molecule has 6 heteroatoms. The van der Waals surface area contributed by atoms with Crippen molar-refractivity contribution in [2.75, 3.05) is 20.2 Å². The molecule has 0 spiro atoms. The largest absolute Gasteiger partial charge is 0.465 e. The molecular formula is C26H27FN2O3. The second-order valence-corrected chi connectivity index (χ2v) is 8.63. The highest BCUT2D eigenvalue weighted by Gasteiger charge is 2.40. The predicted octanol–water partition coefficient (Wildman–Crippen LogP) is 4.89. The number of alkyl halides is 1. The van der Waals surface area contributed by atoms with Crippen LogP contribution in [-0.4, -0.2) is 37.0 Å². The Kier molecular flexibility index (Phi) is 6.01. The van der Waals surface area contributed by atoms with Crippen molar-refractivity contribution in [1.29, 1.82) is 5.26 Å². The van der Waals surface area contributed by atoms with Gasteiger partial charge in [0.2, 0.25) is 0 Å². The first kappa shape index (κ1) is 22.0. The first-order valence-corrected chi connectivity index (χ1v) is 11.1. The maximum Gasteiger partial charge on any atom is 0.338 e. The van der Waals surface area contributed by atoms with Gasteiger partial charge in [0.25, 0.3) is 5.91 Å². The number of piperidine rings is 1. The number of methoxy groups -OCH3 is 1. The number of nitriles is 1. The molecule has 2 aliphatic rings. The molecule has 1 saturated heterocycles. The molecule has 166 valence electrons. The average Bonchev–Trinajstić information content (AvgIpc) is 3.68. The summed E-state index contributed by atoms with van der Waals surface area (Å²) in [4.78, 5) is 27.7. The average molecular weight is 435 g/mol. The molecule has 0 bridgehead atoms. The van der Waals surface area contributed by atoms with E-state index in [1.165, 1.54) is 7.11 Å². The summed E-state index contributed by atoms with van der Waals surface area (Å²) in [6.07, 6.45) is 2.96. The molecule has 1 aliphatic carbocycles. The summed E-state index contributed by atoms with van der Waals surface area (Å²) >= 11 is 0. The molecule has 5 nitrogen and oxygen atoms in total. The van der Waals surface area contributed by atoms with Gasteiger partial charge in [-0.1, -0.05) is 25.1 Å². The zero-order chi connectivity index (χ0) is 22.9. The number of aryl methyl sites for hydroxylation is 1. The van der Waals surface area contributed by atoms with E-state index < -0.39 is 11.6 Å². The van der Waals surface area contributed by atoms with Crippen LogP contribution in [0.2, 0.25) is 0 Å². The lowest BCUT2D eigenvalue weighted by Gasteiger charge is -2.37. The summed E-state index contributed by atoms with van der Waals surface area (Å²) in [5.41, 5.74) is 2.29. The first-order chi connectivity index (χ1) is 15.4. The van der Waals surface area contributed by atoms with Crippen molar-refractivity contribution in [2.45, 2.75) is 50.6 Å². The highest BCUT2D eigenvalue weighted by molar-refractivity contribution is 6.02. The minimum Gasteiger partial charge on any atom is -0.465 e. The molecule has 0 N–H and O–H groups in total. The van der Waals surface area contributed by atoms with E-state index in [1.54, 1.807) is 35.2 Å². The first-order valence-electron chi connectivity index (χ1n) is 11.1. The fraction of sp³-hybridized carbons (Fsp3) is 0.423. The van der Waals surface area contributed by atoms with E-state index >= 15 is 4.39 Å². The molecular weight excluding hydrogens is 407 g/mol. The van der Waals surface area contributed by atoms with Gasteiger partial charge in [-0.25, -0.2) is 9.18 Å². The maximum absolute atomic E-state index is 15.7. The Morgan fingerprint density at radius 2 is 1.81 bits per heavy atom. The van der Waals surface area contributed by atoms with Gasteiger partial charge in [0, 0.05) is 31.5 Å². The van der Waals surface area contributed by atoms with Crippen LogP contribution in [-0.2, 0) is 16.8 Å². The standard InChI is InChI=1S/C26H27FN2O3/c1-3-18-8-11-21(25(31)32-2)22(19-6-7-19)23(18)24(30)29-14-12-26(27,13-15-29)20-9-4-17(16-28)5-10-20/h4-5,8-11,19H,3,6-7,12-15H2,1-2H3. The molecule has 0 radical (unpaired) electrons. The lowest BCUT2D eigenvalue weighted by atomic mass is 9.85. The van der Waals surface area contributed by atoms with Crippen LogP contribution in [0.3, 0.4) is 0 Å². The van der Waals surface area contributed by atoms with Gasteiger partial charge >= 0.3 is 5.97 Å². The summed E-state index contributed by atoms with van der Waals surface area (Å²) < 4.78 is 20.6. The zero-order valence-electron chi connectivity index (χ0n) is 18.5. The number of hydrogen-bond acceptors (Lipinski definition) is 4. The zero-order valence-corrected chi connectivity index (χ0v) is 18.5. The van der Waals surface area contributed by atoms with Crippen molar-refractivity contribution in [3.63, 3.8) is 0 Å². The van der Waals surface area contributed by atoms with Crippen LogP contribution in [0.5, 0.6) is 0 Å². The number of likely N-dealkylation sites (tertiary alicyclic amines) is 1. The SMILES string of the molecule is CCc1ccc(C(=O)OC)c(C2CC2)c1C(=O)N1CCC(F)(c2ccc(C#N)cc2)CC1. The Bertz CT molecular complexity index is 1080. The lowest BCUT2D eigenvalue weighted by Crippen LogP contribution is -2.44. The predicted molar refractivity (Wildman–Crippen MR) is 118 cm³/mol. The highest BCUT2D eigenvalue weighted by Crippen LogP contribution is 2.45. The number of ether oxygens (including phenoxy) is 1. The Morgan fingerprint density at radius 3 is 2.34 bits per heavy atom. The molecule has 0 unspecified atom stereocenters. The Balaban J connectivity index is 1.60. The monoisotopic (exact) mass is 434 g/mol. The Morgan fingerprint density at radius 1 is 1.16 bits per heavy atom. The smallest absolute Gasteiger partial charge is 0.338 e. The molecule has 4 rings (SSSR count). The third kappa shape index (κ3) is 4.00. The van der Waals surface area contributed by atoms with Crippen molar-refractivity contribution in [3.8, 4) is 6.07 Å². The maximum atomic E-state index is 15.7. The fourth-order valence-electron chi connectivity index (χ4n) is 4.65. The van der Waals surface area contributed by atoms with Crippen molar-refractivity contribution >= 4 is 11.9 Å². The van der Waals surface area contributed by atoms with Gasteiger partial charge in [0.05, 0.1) is 24.3 Å². The van der Waals surface area contributed by atoms with E-state index in [-0.39, 0.29) is 24.7 Å². The minimum atomic E-state index is -1.52. The number of halogens is 1. The molecule has 2 aromatic carbocycles. The fourth-order valence-corrected chi connectivity index (χ4v) is 4.65. The van der Waals surface area contributed by atoms with Gasteiger partial charge in [0.15, 0.2) is 0 Å². The van der Waals surface area contributed by atoms with Crippen LogP contribution in [0.4, 0.5) is 4.39 Å². The number of esters is 1. The van der Waals surface area contributed by atoms with Crippen LogP contribution in [0, 0.1) is 11.3 Å². The lowest BCUT2D eigenvalue weighted by molar-refractivity contribution is 0.0420. The molecule has 1 saturated carbocycles. The third-order valence-corrected chi connectivity index (χ3v) is 6.69. The van der Waals surface area contributed by atoms with Gasteiger partial charge in [-0.2, -0.15) is 5.26 Å². The van der Waals surface area contributed by atoms with E-state index in [0.717, 1.165) is 24.0 Å². The van der Waals surface area contributed by atoms with E-state index in [0.29, 0.717) is 41.8 Å². The summed E-state index contributed by atoms with van der Waals surface area (Å²) in [6, 6.07) is 12.2. The molecule has 0 aromatic heterocycles. The van der Waals surface area contributed by atoms with Crippen molar-refractivity contribution in [2.24, 2.45) is 0 Å². The summed E-state index contributed by atoms with van der Waals surface area (Å²) in [6.45, 7) is 2.59. The quantitative estimate of drug-likeness (QED) is 0.629. The number of hydrogen-bond donors (Lipinski definition) is 0. The molecule has 1 aliphatic heterocycles. The Hall–Kier alpha value is -3.20. The second-order valence-electron chi connectivity index (χ2n) is 8.63. The topological polar surface area (TPSA) is 70.4 Å². The minimum absolute atomic E-state index is 0.128. The molecule has 0 atom stereocenters. The van der Waals surface area contributed by atoms with Crippen LogP contribution in [0.25, 0.3) is 0 Å². The molecule has 32 heavy (non-hydrogen) atoms. The van der Waals surface area contributed by atoms with Gasteiger partial charge < -0.3 is 9.64 Å². The highest BCUT2D eigenvalue weighted by atomic mass is 19.1. The van der Waals surface area contributed by atoms with Gasteiger partial charge in [-0.3, -0.25) is 4.79 Å². The van der Waals surface area contributed by atoms with Crippen LogP contribution in [0.15, 0.2) is 36.4 Å². The van der Waals surface area contributed by atoms with Gasteiger partial charge in [-0.05, 0) is 60.1 Å². The van der Waals surface area contributed by atoms with Crippen LogP contribution < -0.4 is 0 Å². The number of rotatable bonds is 5. The second kappa shape index (κ2) is 8.74. The van der Waals surface area contributed by atoms with Crippen molar-refractivity contribution < 1.29 is 18.7 Å². The van der Waals surface area contributed by atoms with Crippen molar-refractivity contribution in [1.82, 2.24) is 4.90 Å². The molecule has 1 amide bonds. The summed E-state index contributed by atoms with van der Waals surface area (Å²) in [7, 11) is 1.35. The summed E-state index contributed by atoms with van der Waals surface area (Å²) in [5.74, 6) is -0.361. The van der Waals surface area contributed by atoms with Crippen molar-refractivity contribution in [3.05, 3.63) is 69.8 Å². The number of nitrogens with zero attached hydrogens (tertiary/aromatic N) is 2. The van der Waals surface area contributed by atoms with E-state index in [1.807, 2.05) is 19.1 Å². The Labute approximate surface area is 187 Å². The van der Waals surface area contributed by atoms with E-state index in [4.69, 9.17) is 10.00 Å². The van der Waals surface area contributed by atoms with Gasteiger partial charge in [-0.15, -0.1) is 0 Å².